The Hall–Kier alpha value is -8.78. The maximum atomic E-state index is 12.2. The van der Waals surface area contributed by atoms with Gasteiger partial charge < -0.3 is 9.13 Å². The number of nitrogens with zero attached hydrogens (tertiary/aromatic N) is 4. The van der Waals surface area contributed by atoms with Crippen LogP contribution in [0.1, 0.15) is 78.0 Å². The SMILES string of the molecule is Cc1cc(C)c(-c2ccc3c4ccc(-c5c(C)cc(C)cc5C)cc4n(-c4cc(-c5cccc(C)n5)cc(-n5c6cc(-c7c(C)cc(C)cc7C)ccc6c6ccc(-c7c(C)cc(C)cc7C)cc65)c4C#N)c3c2)c(C)c1. The lowest BCUT2D eigenvalue weighted by atomic mass is 9.92. The maximum Gasteiger partial charge on any atom is 0.104 e. The molecule has 0 saturated heterocycles. The first-order valence-corrected chi connectivity index (χ1v) is 27.0. The third kappa shape index (κ3) is 8.16. The molecule has 0 spiro atoms. The van der Waals surface area contributed by atoms with Gasteiger partial charge in [-0.05, 0) is 228 Å². The second-order valence-electron chi connectivity index (χ2n) is 22.4. The zero-order valence-corrected chi connectivity index (χ0v) is 46.7. The lowest BCUT2D eigenvalue weighted by molar-refractivity contribution is 1.11. The van der Waals surface area contributed by atoms with Crippen LogP contribution in [-0.2, 0) is 0 Å². The van der Waals surface area contributed by atoms with Gasteiger partial charge in [-0.3, -0.25) is 4.98 Å². The number of hydrogen-bond donors (Lipinski definition) is 0. The van der Waals surface area contributed by atoms with E-state index in [1.54, 1.807) is 0 Å². The summed E-state index contributed by atoms with van der Waals surface area (Å²) in [5, 5.41) is 16.7. The number of pyridine rings is 1. The number of hydrogen-bond acceptors (Lipinski definition) is 2. The minimum absolute atomic E-state index is 0.571. The lowest BCUT2D eigenvalue weighted by Crippen LogP contribution is -2.06. The highest BCUT2D eigenvalue weighted by Gasteiger charge is 2.26. The summed E-state index contributed by atoms with van der Waals surface area (Å²) in [4.78, 5) is 5.21. The first-order chi connectivity index (χ1) is 37.0. The molecule has 0 aliphatic rings. The summed E-state index contributed by atoms with van der Waals surface area (Å²) in [7, 11) is 0. The average molecular weight is 997 g/mol. The molecule has 0 amide bonds. The van der Waals surface area contributed by atoms with Crippen molar-refractivity contribution >= 4 is 43.6 Å². The van der Waals surface area contributed by atoms with Crippen molar-refractivity contribution in [2.75, 3.05) is 0 Å². The molecule has 4 nitrogen and oxygen atoms in total. The third-order valence-corrected chi connectivity index (χ3v) is 16.3. The number of rotatable bonds is 7. The van der Waals surface area contributed by atoms with Gasteiger partial charge in [0.15, 0.2) is 0 Å². The van der Waals surface area contributed by atoms with E-state index in [4.69, 9.17) is 4.98 Å². The predicted molar refractivity (Wildman–Crippen MR) is 326 cm³/mol. The van der Waals surface area contributed by atoms with Crippen molar-refractivity contribution in [2.24, 2.45) is 0 Å². The van der Waals surface area contributed by atoms with Gasteiger partial charge in [-0.1, -0.05) is 125 Å². The second-order valence-corrected chi connectivity index (χ2v) is 22.4. The predicted octanol–water partition coefficient (Wildman–Crippen LogP) is 19.5. The van der Waals surface area contributed by atoms with Crippen LogP contribution in [0.4, 0.5) is 0 Å². The topological polar surface area (TPSA) is 46.5 Å². The molecule has 0 aliphatic carbocycles. The number of aryl methyl sites for hydroxylation is 13. The fourth-order valence-corrected chi connectivity index (χ4v) is 13.7. The van der Waals surface area contributed by atoms with Crippen LogP contribution >= 0.6 is 0 Å². The standard InChI is InChI=1S/C73H64N4/c1-40-25-44(5)70(45(6)26-40)53-17-21-58-59-22-18-54(71-46(7)27-41(2)28-47(71)8)34-65(59)76(64(58)33-53)68-37-57(63-16-14-15-52(13)75-63)38-69(62(68)39-74)77-66-35-55(72-48(9)29-42(3)30-49(72)10)19-23-60(66)61-24-20-56(36-67(61)77)73-50(11)31-43(4)32-51(73)12/h14-38H,1-13H3. The molecule has 9 aromatic carbocycles. The number of benzene rings is 9. The largest absolute Gasteiger partial charge is 0.308 e. The molecule has 3 aromatic heterocycles. The molecule has 77 heavy (non-hydrogen) atoms. The van der Waals surface area contributed by atoms with Crippen molar-refractivity contribution in [1.29, 1.82) is 5.26 Å². The first-order valence-electron chi connectivity index (χ1n) is 27.0. The maximum absolute atomic E-state index is 12.2. The Morgan fingerprint density at radius 3 is 0.870 bits per heavy atom. The molecule has 0 aliphatic heterocycles. The van der Waals surface area contributed by atoms with Crippen molar-refractivity contribution in [2.45, 2.75) is 90.0 Å². The Kier molecular flexibility index (Phi) is 11.8. The highest BCUT2D eigenvalue weighted by Crippen LogP contribution is 2.45. The molecule has 0 saturated carbocycles. The van der Waals surface area contributed by atoms with E-state index in [-0.39, 0.29) is 0 Å². The van der Waals surface area contributed by atoms with Crippen LogP contribution in [0.25, 0.3) is 111 Å². The van der Waals surface area contributed by atoms with Crippen LogP contribution in [0.2, 0.25) is 0 Å². The zero-order valence-electron chi connectivity index (χ0n) is 46.7. The summed E-state index contributed by atoms with van der Waals surface area (Å²) >= 11 is 0. The Labute approximate surface area is 453 Å². The van der Waals surface area contributed by atoms with Crippen molar-refractivity contribution < 1.29 is 0 Å². The third-order valence-electron chi connectivity index (χ3n) is 16.3. The highest BCUT2D eigenvalue weighted by molar-refractivity contribution is 6.13. The molecular weight excluding hydrogens is 933 g/mol. The van der Waals surface area contributed by atoms with E-state index in [1.165, 1.54) is 89.0 Å². The Morgan fingerprint density at radius 1 is 0.325 bits per heavy atom. The van der Waals surface area contributed by atoms with Gasteiger partial charge in [0, 0.05) is 32.8 Å². The quantitative estimate of drug-likeness (QED) is 0.160. The van der Waals surface area contributed by atoms with E-state index >= 15 is 0 Å². The van der Waals surface area contributed by atoms with Gasteiger partial charge in [0.2, 0.25) is 0 Å². The van der Waals surface area contributed by atoms with Gasteiger partial charge in [0.25, 0.3) is 0 Å². The summed E-state index contributed by atoms with van der Waals surface area (Å²) in [6, 6.07) is 59.6. The minimum Gasteiger partial charge on any atom is -0.308 e. The normalized spacial score (nSPS) is 11.7. The summed E-state index contributed by atoms with van der Waals surface area (Å²) in [5.41, 5.74) is 33.4. The summed E-state index contributed by atoms with van der Waals surface area (Å²) in [6.45, 7) is 28.5. The molecule has 376 valence electrons. The second kappa shape index (κ2) is 18.5. The number of aromatic nitrogens is 3. The smallest absolute Gasteiger partial charge is 0.104 e. The summed E-state index contributed by atoms with van der Waals surface area (Å²) in [6.07, 6.45) is 0. The molecule has 4 heteroatoms. The van der Waals surface area contributed by atoms with Crippen LogP contribution in [-0.4, -0.2) is 14.1 Å². The van der Waals surface area contributed by atoms with Gasteiger partial charge in [0.1, 0.15) is 11.6 Å². The van der Waals surface area contributed by atoms with E-state index in [0.29, 0.717) is 5.56 Å². The molecule has 3 heterocycles. The molecule has 0 unspecified atom stereocenters. The molecule has 0 bridgehead atoms. The van der Waals surface area contributed by atoms with Gasteiger partial charge in [-0.25, -0.2) is 0 Å². The summed E-state index contributed by atoms with van der Waals surface area (Å²) < 4.78 is 4.78. The van der Waals surface area contributed by atoms with E-state index in [0.717, 1.165) is 94.2 Å². The summed E-state index contributed by atoms with van der Waals surface area (Å²) in [5.74, 6) is 0. The van der Waals surface area contributed by atoms with Crippen LogP contribution < -0.4 is 0 Å². The molecule has 12 rings (SSSR count). The first kappa shape index (κ1) is 49.1. The number of nitriles is 1. The van der Waals surface area contributed by atoms with Crippen LogP contribution in [0.15, 0.2) is 152 Å². The fourth-order valence-electron chi connectivity index (χ4n) is 13.7. The lowest BCUT2D eigenvalue weighted by Gasteiger charge is -2.20. The van der Waals surface area contributed by atoms with E-state index in [1.807, 2.05) is 0 Å². The Morgan fingerprint density at radius 2 is 0.610 bits per heavy atom. The van der Waals surface area contributed by atoms with Crippen LogP contribution in [0.5, 0.6) is 0 Å². The molecule has 0 N–H and O–H groups in total. The molecular formula is C73H64N4. The molecule has 0 radical (unpaired) electrons. The van der Waals surface area contributed by atoms with Gasteiger partial charge in [-0.2, -0.15) is 5.26 Å². The fraction of sp³-hybridized carbons (Fsp3) is 0.178. The highest BCUT2D eigenvalue weighted by atomic mass is 15.0. The van der Waals surface area contributed by atoms with Gasteiger partial charge in [-0.15, -0.1) is 0 Å². The van der Waals surface area contributed by atoms with Gasteiger partial charge in [0.05, 0.1) is 39.1 Å². The minimum atomic E-state index is 0.571. The number of fused-ring (bicyclic) bond motifs is 6. The van der Waals surface area contributed by atoms with Gasteiger partial charge >= 0.3 is 0 Å². The monoisotopic (exact) mass is 997 g/mol. The van der Waals surface area contributed by atoms with E-state index in [9.17, 15) is 5.26 Å². The Balaban J connectivity index is 1.26. The van der Waals surface area contributed by atoms with E-state index in [2.05, 4.69) is 257 Å². The Bertz CT molecular complexity index is 3960. The molecule has 12 aromatic rings. The van der Waals surface area contributed by atoms with Crippen molar-refractivity contribution in [1.82, 2.24) is 14.1 Å². The zero-order chi connectivity index (χ0) is 53.9. The van der Waals surface area contributed by atoms with Crippen molar-refractivity contribution in [3.8, 4) is 73.2 Å². The van der Waals surface area contributed by atoms with Crippen LogP contribution in [0, 0.1) is 101 Å². The van der Waals surface area contributed by atoms with E-state index < -0.39 is 0 Å². The van der Waals surface area contributed by atoms with Crippen molar-refractivity contribution in [3.63, 3.8) is 0 Å². The molecule has 0 atom stereocenters. The van der Waals surface area contributed by atoms with Crippen molar-refractivity contribution in [3.05, 3.63) is 230 Å². The molecule has 0 fully saturated rings. The van der Waals surface area contributed by atoms with Crippen LogP contribution in [0.3, 0.4) is 0 Å². The average Bonchev–Trinajstić information content (AvgIpc) is 4.09.